The van der Waals surface area contributed by atoms with E-state index in [2.05, 4.69) is 130 Å². The fourth-order valence-corrected chi connectivity index (χ4v) is 9.99. The van der Waals surface area contributed by atoms with Crippen molar-refractivity contribution in [3.63, 3.8) is 0 Å². The lowest BCUT2D eigenvalue weighted by atomic mass is 10.0. The number of allylic oxidation sites excluding steroid dienone is 18. The first-order chi connectivity index (χ1) is 41.0. The summed E-state index contributed by atoms with van der Waals surface area (Å²) < 4.78 is 16.9. The van der Waals surface area contributed by atoms with Gasteiger partial charge in [0, 0.05) is 19.3 Å². The van der Waals surface area contributed by atoms with E-state index in [1.165, 1.54) is 193 Å². The van der Waals surface area contributed by atoms with E-state index in [0.29, 0.717) is 19.3 Å². The fraction of sp³-hybridized carbons (Fsp3) is 0.727. The topological polar surface area (TPSA) is 78.9 Å². The van der Waals surface area contributed by atoms with Crippen LogP contribution in [-0.2, 0) is 28.6 Å². The van der Waals surface area contributed by atoms with Crippen LogP contribution in [0.4, 0.5) is 0 Å². The largest absolute Gasteiger partial charge is 0.462 e. The standard InChI is InChI=1S/C77H132O6/c1-4-7-10-13-16-19-21-23-25-27-29-31-33-35-37-38-40-41-43-45-47-49-51-53-55-58-61-64-67-70-76(79)82-73-74(72-81-75(78)69-66-63-60-57-18-15-12-9-6-3)83-77(80)71-68-65-62-59-56-54-52-50-48-46-44-42-39-36-34-32-30-28-26-24-22-20-17-14-11-8-5-2/h8,11,17,20,24,26-27,29-30,32,36,39,44,46,50,52,56,59,74H,4-7,9-10,12-16,18-19,21-23,25,28,31,33-35,37-38,40-43,45,47-49,51,53-55,57-58,60-73H2,1-3H3/b11-8-,20-17-,26-24-,29-27-,32-30-,39-36-,46-44-,52-50-,59-56-. The van der Waals surface area contributed by atoms with E-state index in [0.717, 1.165) is 103 Å². The lowest BCUT2D eigenvalue weighted by Crippen LogP contribution is -2.30. The van der Waals surface area contributed by atoms with Gasteiger partial charge < -0.3 is 14.2 Å². The van der Waals surface area contributed by atoms with Crippen molar-refractivity contribution in [2.24, 2.45) is 0 Å². The number of carbonyl (C=O) groups is 3. The molecule has 0 bridgehead atoms. The SMILES string of the molecule is CC/C=C\C/C=C\C/C=C\C/C=C\C/C=C\C/C=C\C/C=C\C/C=C\CCCCC(=O)OC(COC(=O)CCCCCCCCCCC)COC(=O)CCCCCCCCCCCCCCCCCCC/C=C\CCCCCCCCCC. The van der Waals surface area contributed by atoms with Crippen LogP contribution in [0.15, 0.2) is 109 Å². The van der Waals surface area contributed by atoms with Crippen LogP contribution < -0.4 is 0 Å². The smallest absolute Gasteiger partial charge is 0.306 e. The summed E-state index contributed by atoms with van der Waals surface area (Å²) in [4.78, 5) is 38.3. The minimum atomic E-state index is -0.801. The van der Waals surface area contributed by atoms with Gasteiger partial charge in [0.2, 0.25) is 0 Å². The molecule has 0 radical (unpaired) electrons. The molecule has 0 amide bonds. The van der Waals surface area contributed by atoms with Gasteiger partial charge in [-0.25, -0.2) is 0 Å². The zero-order valence-corrected chi connectivity index (χ0v) is 54.7. The molecule has 0 fully saturated rings. The van der Waals surface area contributed by atoms with Gasteiger partial charge in [-0.05, 0) is 109 Å². The summed E-state index contributed by atoms with van der Waals surface area (Å²) >= 11 is 0. The average Bonchev–Trinajstić information content (AvgIpc) is 3.49. The molecule has 0 N–H and O–H groups in total. The molecule has 0 aromatic heterocycles. The second kappa shape index (κ2) is 70.6. The van der Waals surface area contributed by atoms with Crippen molar-refractivity contribution in [3.8, 4) is 0 Å². The van der Waals surface area contributed by atoms with E-state index in [-0.39, 0.29) is 37.5 Å². The molecular formula is C77H132O6. The predicted molar refractivity (Wildman–Crippen MR) is 362 cm³/mol. The molecule has 83 heavy (non-hydrogen) atoms. The molecule has 6 heteroatoms. The Balaban J connectivity index is 4.23. The third-order valence-electron chi connectivity index (χ3n) is 15.3. The van der Waals surface area contributed by atoms with Gasteiger partial charge in [0.1, 0.15) is 13.2 Å². The molecule has 0 aromatic rings. The first-order valence-corrected chi connectivity index (χ1v) is 35.4. The molecule has 0 aliphatic heterocycles. The van der Waals surface area contributed by atoms with Crippen molar-refractivity contribution in [1.29, 1.82) is 0 Å². The molecule has 0 aromatic carbocycles. The van der Waals surface area contributed by atoms with Crippen molar-refractivity contribution < 1.29 is 28.6 Å². The average molecular weight is 1150 g/mol. The van der Waals surface area contributed by atoms with Crippen molar-refractivity contribution >= 4 is 17.9 Å². The molecule has 476 valence electrons. The van der Waals surface area contributed by atoms with E-state index < -0.39 is 6.10 Å². The normalized spacial score (nSPS) is 12.8. The lowest BCUT2D eigenvalue weighted by Gasteiger charge is -2.18. The molecule has 0 aliphatic rings. The molecule has 0 heterocycles. The zero-order valence-electron chi connectivity index (χ0n) is 54.7. The number of rotatable bonds is 64. The summed E-state index contributed by atoms with van der Waals surface area (Å²) in [6.07, 6.45) is 97.1. The molecular weight excluding hydrogens is 1020 g/mol. The van der Waals surface area contributed by atoms with Crippen LogP contribution in [0.2, 0.25) is 0 Å². The molecule has 6 nitrogen and oxygen atoms in total. The zero-order chi connectivity index (χ0) is 59.9. The molecule has 0 aliphatic carbocycles. The van der Waals surface area contributed by atoms with Crippen LogP contribution in [0.1, 0.15) is 342 Å². The van der Waals surface area contributed by atoms with Crippen molar-refractivity contribution in [2.45, 2.75) is 348 Å². The Labute approximate surface area is 514 Å². The minimum Gasteiger partial charge on any atom is -0.462 e. The third-order valence-corrected chi connectivity index (χ3v) is 15.3. The summed E-state index contributed by atoms with van der Waals surface area (Å²) in [5, 5.41) is 0. The molecule has 0 rings (SSSR count). The first kappa shape index (κ1) is 79.1. The van der Waals surface area contributed by atoms with Crippen LogP contribution in [0.3, 0.4) is 0 Å². The molecule has 1 unspecified atom stereocenters. The minimum absolute atomic E-state index is 0.0933. The fourth-order valence-electron chi connectivity index (χ4n) is 9.99. The van der Waals surface area contributed by atoms with Gasteiger partial charge in [0.25, 0.3) is 0 Å². The highest BCUT2D eigenvalue weighted by Crippen LogP contribution is 2.17. The van der Waals surface area contributed by atoms with Crippen molar-refractivity contribution in [2.75, 3.05) is 13.2 Å². The van der Waals surface area contributed by atoms with E-state index in [9.17, 15) is 14.4 Å². The highest BCUT2D eigenvalue weighted by molar-refractivity contribution is 5.71. The van der Waals surface area contributed by atoms with Gasteiger partial charge >= 0.3 is 17.9 Å². The van der Waals surface area contributed by atoms with Crippen molar-refractivity contribution in [1.82, 2.24) is 0 Å². The summed E-state index contributed by atoms with van der Waals surface area (Å²) in [6, 6.07) is 0. The number of hydrogen-bond donors (Lipinski definition) is 0. The number of esters is 3. The van der Waals surface area contributed by atoms with Crippen LogP contribution >= 0.6 is 0 Å². The summed E-state index contributed by atoms with van der Waals surface area (Å²) in [5.41, 5.74) is 0. The van der Waals surface area contributed by atoms with Crippen LogP contribution in [0, 0.1) is 0 Å². The maximum Gasteiger partial charge on any atom is 0.306 e. The second-order valence-electron chi connectivity index (χ2n) is 23.4. The van der Waals surface area contributed by atoms with Gasteiger partial charge in [-0.2, -0.15) is 0 Å². The van der Waals surface area contributed by atoms with Crippen LogP contribution in [0.25, 0.3) is 0 Å². The second-order valence-corrected chi connectivity index (χ2v) is 23.4. The maximum absolute atomic E-state index is 12.9. The van der Waals surface area contributed by atoms with E-state index in [1.54, 1.807) is 0 Å². The Morgan fingerprint density at radius 1 is 0.253 bits per heavy atom. The summed E-state index contributed by atoms with van der Waals surface area (Å²) in [7, 11) is 0. The number of hydrogen-bond acceptors (Lipinski definition) is 6. The van der Waals surface area contributed by atoms with Crippen LogP contribution in [-0.4, -0.2) is 37.2 Å². The lowest BCUT2D eigenvalue weighted by molar-refractivity contribution is -0.167. The Bertz CT molecular complexity index is 1660. The van der Waals surface area contributed by atoms with Gasteiger partial charge in [-0.15, -0.1) is 0 Å². The number of carbonyl (C=O) groups excluding carboxylic acids is 3. The highest BCUT2D eigenvalue weighted by atomic mass is 16.6. The highest BCUT2D eigenvalue weighted by Gasteiger charge is 2.19. The molecule has 0 saturated carbocycles. The van der Waals surface area contributed by atoms with E-state index >= 15 is 0 Å². The van der Waals surface area contributed by atoms with Gasteiger partial charge in [-0.1, -0.05) is 323 Å². The Morgan fingerprint density at radius 3 is 0.771 bits per heavy atom. The third kappa shape index (κ3) is 68.7. The number of ether oxygens (including phenoxy) is 3. The van der Waals surface area contributed by atoms with E-state index in [1.807, 2.05) is 0 Å². The quantitative estimate of drug-likeness (QED) is 0.0261. The van der Waals surface area contributed by atoms with Crippen LogP contribution in [0.5, 0.6) is 0 Å². The monoisotopic (exact) mass is 1150 g/mol. The summed E-state index contributed by atoms with van der Waals surface area (Å²) in [5.74, 6) is -0.929. The predicted octanol–water partition coefficient (Wildman–Crippen LogP) is 24.6. The Kier molecular flexibility index (Phi) is 67.2. The molecule has 1 atom stereocenters. The maximum atomic E-state index is 12.9. The van der Waals surface area contributed by atoms with Gasteiger partial charge in [-0.3, -0.25) is 14.4 Å². The Hall–Kier alpha value is -3.93. The van der Waals surface area contributed by atoms with Crippen molar-refractivity contribution in [3.05, 3.63) is 109 Å². The number of unbranched alkanes of at least 4 members (excludes halogenated alkanes) is 35. The first-order valence-electron chi connectivity index (χ1n) is 35.4. The summed E-state index contributed by atoms with van der Waals surface area (Å²) in [6.45, 7) is 6.50. The molecule has 0 saturated heterocycles. The van der Waals surface area contributed by atoms with Gasteiger partial charge in [0.15, 0.2) is 6.10 Å². The molecule has 0 spiro atoms. The van der Waals surface area contributed by atoms with Gasteiger partial charge in [0.05, 0.1) is 0 Å². The Morgan fingerprint density at radius 2 is 0.470 bits per heavy atom. The van der Waals surface area contributed by atoms with E-state index in [4.69, 9.17) is 14.2 Å².